The molecule has 2 aromatic rings. The topological polar surface area (TPSA) is 38.1 Å². The SMILES string of the molecule is CCc1ccc(CNCCc2cccnc2)o1. The lowest BCUT2D eigenvalue weighted by Crippen LogP contribution is -2.16. The van der Waals surface area contributed by atoms with Crippen LogP contribution in [-0.4, -0.2) is 11.5 Å². The molecule has 3 nitrogen and oxygen atoms in total. The lowest BCUT2D eigenvalue weighted by molar-refractivity contribution is 0.451. The molecule has 0 aliphatic carbocycles. The molecule has 0 saturated carbocycles. The number of pyridine rings is 1. The Morgan fingerprint density at radius 1 is 1.24 bits per heavy atom. The van der Waals surface area contributed by atoms with E-state index in [4.69, 9.17) is 4.42 Å². The zero-order valence-corrected chi connectivity index (χ0v) is 10.1. The van der Waals surface area contributed by atoms with Crippen LogP contribution in [0.5, 0.6) is 0 Å². The Labute approximate surface area is 102 Å². The Balaban J connectivity index is 1.69. The second kappa shape index (κ2) is 6.21. The quantitative estimate of drug-likeness (QED) is 0.775. The molecule has 90 valence electrons. The van der Waals surface area contributed by atoms with Crippen molar-refractivity contribution in [3.8, 4) is 0 Å². The van der Waals surface area contributed by atoms with Crippen molar-refractivity contribution in [1.82, 2.24) is 10.3 Å². The van der Waals surface area contributed by atoms with Gasteiger partial charge in [-0.1, -0.05) is 13.0 Å². The summed E-state index contributed by atoms with van der Waals surface area (Å²) in [5.74, 6) is 2.06. The summed E-state index contributed by atoms with van der Waals surface area (Å²) in [4.78, 5) is 4.09. The molecule has 0 saturated heterocycles. The van der Waals surface area contributed by atoms with E-state index in [2.05, 4.69) is 23.3 Å². The van der Waals surface area contributed by atoms with Crippen molar-refractivity contribution in [3.05, 3.63) is 53.7 Å². The standard InChI is InChI=1S/C14H18N2O/c1-2-13-5-6-14(17-13)11-16-9-7-12-4-3-8-15-10-12/h3-6,8,10,16H,2,7,9,11H2,1H3. The first-order chi connectivity index (χ1) is 8.38. The van der Waals surface area contributed by atoms with Crippen molar-refractivity contribution in [1.29, 1.82) is 0 Å². The Morgan fingerprint density at radius 3 is 2.82 bits per heavy atom. The van der Waals surface area contributed by atoms with E-state index in [-0.39, 0.29) is 0 Å². The number of rotatable bonds is 6. The van der Waals surface area contributed by atoms with Gasteiger partial charge in [-0.15, -0.1) is 0 Å². The third kappa shape index (κ3) is 3.71. The molecule has 0 amide bonds. The van der Waals surface area contributed by atoms with E-state index >= 15 is 0 Å². The molecule has 2 aromatic heterocycles. The van der Waals surface area contributed by atoms with Gasteiger partial charge in [-0.25, -0.2) is 0 Å². The fraction of sp³-hybridized carbons (Fsp3) is 0.357. The largest absolute Gasteiger partial charge is 0.465 e. The van der Waals surface area contributed by atoms with Gasteiger partial charge in [-0.2, -0.15) is 0 Å². The van der Waals surface area contributed by atoms with Crippen LogP contribution in [0.15, 0.2) is 41.1 Å². The van der Waals surface area contributed by atoms with Crippen LogP contribution < -0.4 is 5.32 Å². The molecule has 0 bridgehead atoms. The van der Waals surface area contributed by atoms with Gasteiger partial charge in [-0.05, 0) is 36.7 Å². The summed E-state index contributed by atoms with van der Waals surface area (Å²) in [5, 5.41) is 3.37. The smallest absolute Gasteiger partial charge is 0.117 e. The van der Waals surface area contributed by atoms with Crippen LogP contribution in [0.4, 0.5) is 0 Å². The average Bonchev–Trinajstić information content (AvgIpc) is 2.84. The molecule has 0 aromatic carbocycles. The van der Waals surface area contributed by atoms with Crippen molar-refractivity contribution in [2.45, 2.75) is 26.3 Å². The molecule has 3 heteroatoms. The van der Waals surface area contributed by atoms with Gasteiger partial charge in [0, 0.05) is 18.8 Å². The number of aromatic nitrogens is 1. The maximum Gasteiger partial charge on any atom is 0.117 e. The van der Waals surface area contributed by atoms with Gasteiger partial charge in [0.05, 0.1) is 6.54 Å². The minimum atomic E-state index is 0.792. The fourth-order valence-corrected chi connectivity index (χ4v) is 1.70. The first-order valence-corrected chi connectivity index (χ1v) is 6.05. The van der Waals surface area contributed by atoms with Crippen LogP contribution in [0, 0.1) is 0 Å². The highest BCUT2D eigenvalue weighted by molar-refractivity contribution is 5.09. The molecular formula is C14H18N2O. The Kier molecular flexibility index (Phi) is 4.33. The third-order valence-corrected chi connectivity index (χ3v) is 2.68. The number of nitrogens with zero attached hydrogens (tertiary/aromatic N) is 1. The number of furan rings is 1. The van der Waals surface area contributed by atoms with Gasteiger partial charge < -0.3 is 9.73 Å². The van der Waals surface area contributed by atoms with Gasteiger partial charge >= 0.3 is 0 Å². The minimum Gasteiger partial charge on any atom is -0.465 e. The van der Waals surface area contributed by atoms with Crippen LogP contribution in [0.25, 0.3) is 0 Å². The van der Waals surface area contributed by atoms with Crippen LogP contribution in [0.1, 0.15) is 24.0 Å². The molecule has 2 heterocycles. The number of aryl methyl sites for hydroxylation is 1. The Bertz CT molecular complexity index is 436. The summed E-state index contributed by atoms with van der Waals surface area (Å²) in [5.41, 5.74) is 1.26. The van der Waals surface area contributed by atoms with E-state index in [1.54, 1.807) is 6.20 Å². The van der Waals surface area contributed by atoms with Crippen molar-refractivity contribution < 1.29 is 4.42 Å². The molecule has 0 fully saturated rings. The normalized spacial score (nSPS) is 10.6. The molecular weight excluding hydrogens is 212 g/mol. The number of hydrogen-bond acceptors (Lipinski definition) is 3. The first kappa shape index (κ1) is 11.9. The highest BCUT2D eigenvalue weighted by Crippen LogP contribution is 2.07. The zero-order chi connectivity index (χ0) is 11.9. The van der Waals surface area contributed by atoms with Crippen molar-refractivity contribution in [2.75, 3.05) is 6.54 Å². The predicted octanol–water partition coefficient (Wildman–Crippen LogP) is 2.57. The van der Waals surface area contributed by atoms with Gasteiger partial charge in [0.25, 0.3) is 0 Å². The molecule has 2 rings (SSSR count). The molecule has 0 radical (unpaired) electrons. The first-order valence-electron chi connectivity index (χ1n) is 6.05. The lowest BCUT2D eigenvalue weighted by Gasteiger charge is -2.02. The second-order valence-corrected chi connectivity index (χ2v) is 4.01. The zero-order valence-electron chi connectivity index (χ0n) is 10.1. The van der Waals surface area contributed by atoms with Crippen LogP contribution in [0.2, 0.25) is 0 Å². The van der Waals surface area contributed by atoms with Crippen molar-refractivity contribution in [2.24, 2.45) is 0 Å². The number of hydrogen-bond donors (Lipinski definition) is 1. The summed E-state index contributed by atoms with van der Waals surface area (Å²) >= 11 is 0. The molecule has 17 heavy (non-hydrogen) atoms. The highest BCUT2D eigenvalue weighted by Gasteiger charge is 1.99. The summed E-state index contributed by atoms with van der Waals surface area (Å²) < 4.78 is 5.61. The monoisotopic (exact) mass is 230 g/mol. The molecule has 0 aliphatic heterocycles. The van der Waals surface area contributed by atoms with E-state index in [9.17, 15) is 0 Å². The van der Waals surface area contributed by atoms with E-state index in [0.29, 0.717) is 0 Å². The van der Waals surface area contributed by atoms with E-state index < -0.39 is 0 Å². The summed E-state index contributed by atoms with van der Waals surface area (Å²) in [7, 11) is 0. The van der Waals surface area contributed by atoms with Gasteiger partial charge in [-0.3, -0.25) is 4.98 Å². The van der Waals surface area contributed by atoms with Crippen molar-refractivity contribution in [3.63, 3.8) is 0 Å². The molecule has 1 N–H and O–H groups in total. The summed E-state index contributed by atoms with van der Waals surface area (Å²) in [6.07, 6.45) is 5.65. The highest BCUT2D eigenvalue weighted by atomic mass is 16.3. The second-order valence-electron chi connectivity index (χ2n) is 4.01. The van der Waals surface area contributed by atoms with E-state index in [1.807, 2.05) is 24.4 Å². The van der Waals surface area contributed by atoms with Crippen LogP contribution in [-0.2, 0) is 19.4 Å². The average molecular weight is 230 g/mol. The molecule has 0 aliphatic rings. The summed E-state index contributed by atoms with van der Waals surface area (Å²) in [6.45, 7) is 3.83. The van der Waals surface area contributed by atoms with Crippen LogP contribution in [0.3, 0.4) is 0 Å². The van der Waals surface area contributed by atoms with Gasteiger partial charge in [0.15, 0.2) is 0 Å². The molecule has 0 unspecified atom stereocenters. The van der Waals surface area contributed by atoms with Gasteiger partial charge in [0.1, 0.15) is 11.5 Å². The Hall–Kier alpha value is -1.61. The minimum absolute atomic E-state index is 0.792. The van der Waals surface area contributed by atoms with E-state index in [0.717, 1.165) is 37.5 Å². The van der Waals surface area contributed by atoms with Gasteiger partial charge in [0.2, 0.25) is 0 Å². The Morgan fingerprint density at radius 2 is 2.12 bits per heavy atom. The third-order valence-electron chi connectivity index (χ3n) is 2.68. The fourth-order valence-electron chi connectivity index (χ4n) is 1.70. The van der Waals surface area contributed by atoms with E-state index in [1.165, 1.54) is 5.56 Å². The molecule has 0 atom stereocenters. The maximum absolute atomic E-state index is 5.61. The maximum atomic E-state index is 5.61. The molecule has 0 spiro atoms. The lowest BCUT2D eigenvalue weighted by atomic mass is 10.2. The summed E-state index contributed by atoms with van der Waals surface area (Å²) in [6, 6.07) is 8.14. The van der Waals surface area contributed by atoms with Crippen molar-refractivity contribution >= 4 is 0 Å². The number of nitrogens with one attached hydrogen (secondary N) is 1. The van der Waals surface area contributed by atoms with Crippen LogP contribution >= 0.6 is 0 Å². The predicted molar refractivity (Wildman–Crippen MR) is 67.7 cm³/mol.